The number of methoxy groups -OCH3 is 2. The molecule has 2 aromatic carbocycles. The smallest absolute Gasteiger partial charge is 0.219 e. The number of para-hydroxylation sites is 1. The predicted octanol–water partition coefficient (Wildman–Crippen LogP) is 3.10. The molecule has 0 spiro atoms. The average Bonchev–Trinajstić information content (AvgIpc) is 3.30. The minimum atomic E-state index is 0.193. The Morgan fingerprint density at radius 3 is 2.79 bits per heavy atom. The van der Waals surface area contributed by atoms with Gasteiger partial charge in [0.2, 0.25) is 5.78 Å². The van der Waals surface area contributed by atoms with E-state index in [1.54, 1.807) is 14.2 Å². The number of hydrogen-bond acceptors (Lipinski definition) is 3. The molecule has 3 aromatic rings. The summed E-state index contributed by atoms with van der Waals surface area (Å²) in [4.78, 5) is 17.9. The van der Waals surface area contributed by atoms with Crippen molar-refractivity contribution >= 4 is 16.7 Å². The van der Waals surface area contributed by atoms with E-state index in [0.29, 0.717) is 6.54 Å². The standard InChI is InChI=1S/C23H26N2O3/c1-15-23(17-7-4-5-8-19(17)24-15)21(26)14-25-12-6-9-20(25)18-13-16(27-2)10-11-22(18)28-3/h4-5,7-8,10-11,13,20,24H,6,9,12,14H2,1-3H3/p+1/t20-/m0/s1. The molecule has 5 heteroatoms. The molecule has 4 rings (SSSR count). The Morgan fingerprint density at radius 1 is 1.18 bits per heavy atom. The van der Waals surface area contributed by atoms with Crippen molar-refractivity contribution in [3.05, 3.63) is 59.3 Å². The van der Waals surface area contributed by atoms with Crippen LogP contribution < -0.4 is 14.4 Å². The molecule has 0 radical (unpaired) electrons. The highest BCUT2D eigenvalue weighted by atomic mass is 16.5. The lowest BCUT2D eigenvalue weighted by Gasteiger charge is -2.23. The third kappa shape index (κ3) is 3.27. The number of aromatic amines is 1. The van der Waals surface area contributed by atoms with Gasteiger partial charge in [0.15, 0.2) is 0 Å². The Kier molecular flexibility index (Phi) is 5.09. The van der Waals surface area contributed by atoms with Gasteiger partial charge < -0.3 is 19.4 Å². The lowest BCUT2D eigenvalue weighted by molar-refractivity contribution is -0.910. The van der Waals surface area contributed by atoms with Crippen LogP contribution in [0.4, 0.5) is 0 Å². The highest BCUT2D eigenvalue weighted by Gasteiger charge is 2.34. The van der Waals surface area contributed by atoms with Crippen molar-refractivity contribution < 1.29 is 19.2 Å². The van der Waals surface area contributed by atoms with E-state index in [2.05, 4.69) is 11.1 Å². The third-order valence-electron chi connectivity index (χ3n) is 5.86. The summed E-state index contributed by atoms with van der Waals surface area (Å²) in [6.07, 6.45) is 2.14. The Morgan fingerprint density at radius 2 is 2.00 bits per heavy atom. The number of carbonyl (C=O) groups excluding carboxylic acids is 1. The minimum Gasteiger partial charge on any atom is -0.497 e. The number of aryl methyl sites for hydroxylation is 1. The third-order valence-corrected chi connectivity index (χ3v) is 5.86. The van der Waals surface area contributed by atoms with Crippen molar-refractivity contribution in [2.75, 3.05) is 27.3 Å². The SMILES string of the molecule is COc1ccc(OC)c([C@@H]2CCC[NH+]2CC(=O)c2c(C)[nH]c3ccccc23)c1. The first-order valence-electron chi connectivity index (χ1n) is 9.79. The normalized spacial score (nSPS) is 19.1. The molecular weight excluding hydrogens is 352 g/mol. The molecule has 2 N–H and O–H groups in total. The molecule has 0 bridgehead atoms. The zero-order valence-corrected chi connectivity index (χ0v) is 16.7. The van der Waals surface area contributed by atoms with Gasteiger partial charge in [-0.1, -0.05) is 18.2 Å². The zero-order chi connectivity index (χ0) is 19.7. The number of quaternary nitrogens is 1. The van der Waals surface area contributed by atoms with E-state index in [-0.39, 0.29) is 11.8 Å². The minimum absolute atomic E-state index is 0.193. The van der Waals surface area contributed by atoms with E-state index in [1.165, 1.54) is 4.90 Å². The van der Waals surface area contributed by atoms with Crippen molar-refractivity contribution in [2.24, 2.45) is 0 Å². The van der Waals surface area contributed by atoms with Gasteiger partial charge in [0.1, 0.15) is 24.1 Å². The van der Waals surface area contributed by atoms with Crippen LogP contribution >= 0.6 is 0 Å². The molecule has 146 valence electrons. The fraction of sp³-hybridized carbons (Fsp3) is 0.348. The molecule has 1 fully saturated rings. The summed E-state index contributed by atoms with van der Waals surface area (Å²) < 4.78 is 11.0. The van der Waals surface area contributed by atoms with Gasteiger partial charge in [-0.15, -0.1) is 0 Å². The number of Topliss-reactive ketones (excluding diaryl/α,β-unsaturated/α-hetero) is 1. The number of ether oxygens (including phenoxy) is 2. The van der Waals surface area contributed by atoms with Crippen molar-refractivity contribution in [2.45, 2.75) is 25.8 Å². The van der Waals surface area contributed by atoms with E-state index in [9.17, 15) is 4.79 Å². The number of carbonyl (C=O) groups is 1. The number of rotatable bonds is 6. The van der Waals surface area contributed by atoms with Crippen LogP contribution in [0.25, 0.3) is 10.9 Å². The first-order chi connectivity index (χ1) is 13.6. The van der Waals surface area contributed by atoms with E-state index in [0.717, 1.165) is 58.6 Å². The lowest BCUT2D eigenvalue weighted by atomic mass is 10.0. The number of hydrogen-bond donors (Lipinski definition) is 2. The summed E-state index contributed by atoms with van der Waals surface area (Å²) in [7, 11) is 3.37. The number of benzene rings is 2. The second-order valence-corrected chi connectivity index (χ2v) is 7.48. The lowest BCUT2D eigenvalue weighted by Crippen LogP contribution is -3.11. The van der Waals surface area contributed by atoms with Crippen LogP contribution in [-0.4, -0.2) is 38.1 Å². The molecule has 1 aromatic heterocycles. The second-order valence-electron chi connectivity index (χ2n) is 7.48. The molecule has 5 nitrogen and oxygen atoms in total. The highest BCUT2D eigenvalue weighted by Crippen LogP contribution is 2.32. The van der Waals surface area contributed by atoms with Gasteiger partial charge in [0.05, 0.1) is 31.9 Å². The van der Waals surface area contributed by atoms with Crippen LogP contribution in [0.15, 0.2) is 42.5 Å². The van der Waals surface area contributed by atoms with Crippen LogP contribution in [0.3, 0.4) is 0 Å². The molecule has 2 atom stereocenters. The van der Waals surface area contributed by atoms with Gasteiger partial charge in [0.25, 0.3) is 0 Å². The molecule has 0 aliphatic carbocycles. The molecule has 28 heavy (non-hydrogen) atoms. The Labute approximate surface area is 165 Å². The summed E-state index contributed by atoms with van der Waals surface area (Å²) in [6.45, 7) is 3.45. The van der Waals surface area contributed by atoms with Gasteiger partial charge in [-0.25, -0.2) is 0 Å². The first-order valence-corrected chi connectivity index (χ1v) is 9.79. The largest absolute Gasteiger partial charge is 0.497 e. The van der Waals surface area contributed by atoms with E-state index < -0.39 is 0 Å². The highest BCUT2D eigenvalue weighted by molar-refractivity contribution is 6.09. The quantitative estimate of drug-likeness (QED) is 0.647. The van der Waals surface area contributed by atoms with Crippen LogP contribution in [0.5, 0.6) is 11.5 Å². The van der Waals surface area contributed by atoms with Gasteiger partial charge in [-0.3, -0.25) is 4.79 Å². The zero-order valence-electron chi connectivity index (χ0n) is 16.7. The molecule has 1 aliphatic rings. The maximum atomic E-state index is 13.3. The summed E-state index contributed by atoms with van der Waals surface area (Å²) in [5.74, 6) is 1.88. The number of ketones is 1. The Bertz CT molecular complexity index is 1010. The maximum Gasteiger partial charge on any atom is 0.219 e. The van der Waals surface area contributed by atoms with Crippen LogP contribution in [-0.2, 0) is 0 Å². The van der Waals surface area contributed by atoms with E-state index >= 15 is 0 Å². The number of fused-ring (bicyclic) bond motifs is 1. The summed E-state index contributed by atoms with van der Waals surface area (Å²) in [6, 6.07) is 14.2. The van der Waals surface area contributed by atoms with Crippen molar-refractivity contribution in [1.29, 1.82) is 0 Å². The maximum absolute atomic E-state index is 13.3. The fourth-order valence-corrected chi connectivity index (χ4v) is 4.54. The van der Waals surface area contributed by atoms with Crippen LogP contribution in [0.2, 0.25) is 0 Å². The summed E-state index contributed by atoms with van der Waals surface area (Å²) in [5.41, 5.74) is 3.91. The van der Waals surface area contributed by atoms with Crippen molar-refractivity contribution in [3.8, 4) is 11.5 Å². The predicted molar refractivity (Wildman–Crippen MR) is 110 cm³/mol. The van der Waals surface area contributed by atoms with Crippen LogP contribution in [0, 0.1) is 6.92 Å². The van der Waals surface area contributed by atoms with E-state index in [4.69, 9.17) is 9.47 Å². The summed E-state index contributed by atoms with van der Waals surface area (Å²) >= 11 is 0. The molecule has 1 aliphatic heterocycles. The van der Waals surface area contributed by atoms with Crippen molar-refractivity contribution in [1.82, 2.24) is 4.98 Å². The van der Waals surface area contributed by atoms with Gasteiger partial charge in [-0.05, 0) is 31.2 Å². The molecule has 0 saturated carbocycles. The summed E-state index contributed by atoms with van der Waals surface area (Å²) in [5, 5.41) is 1.01. The number of likely N-dealkylation sites (tertiary alicyclic amines) is 1. The van der Waals surface area contributed by atoms with Gasteiger partial charge >= 0.3 is 0 Å². The van der Waals surface area contributed by atoms with Gasteiger partial charge in [-0.2, -0.15) is 0 Å². The number of H-pyrrole nitrogens is 1. The first kappa shape index (κ1) is 18.6. The Hall–Kier alpha value is -2.79. The monoisotopic (exact) mass is 379 g/mol. The second kappa shape index (κ2) is 7.68. The topological polar surface area (TPSA) is 55.8 Å². The molecule has 0 amide bonds. The number of nitrogens with one attached hydrogen (secondary N) is 2. The average molecular weight is 379 g/mol. The van der Waals surface area contributed by atoms with E-state index in [1.807, 2.05) is 43.3 Å². The number of aromatic nitrogens is 1. The van der Waals surface area contributed by atoms with Crippen LogP contribution in [0.1, 0.15) is 40.5 Å². The molecule has 1 saturated heterocycles. The molecular formula is C23H27N2O3+. The Balaban J connectivity index is 1.63. The van der Waals surface area contributed by atoms with Gasteiger partial charge in [0, 0.05) is 29.4 Å². The fourth-order valence-electron chi connectivity index (χ4n) is 4.54. The molecule has 2 heterocycles. The van der Waals surface area contributed by atoms with Crippen molar-refractivity contribution in [3.63, 3.8) is 0 Å². The molecule has 1 unspecified atom stereocenters.